The van der Waals surface area contributed by atoms with Gasteiger partial charge in [-0.2, -0.15) is 0 Å². The van der Waals surface area contributed by atoms with Crippen LogP contribution in [-0.4, -0.2) is 28.4 Å². The summed E-state index contributed by atoms with van der Waals surface area (Å²) in [6, 6.07) is 3.02. The molecule has 0 atom stereocenters. The topological polar surface area (TPSA) is 90.7 Å². The van der Waals surface area contributed by atoms with E-state index in [4.69, 9.17) is 15.2 Å². The van der Waals surface area contributed by atoms with E-state index in [1.54, 1.807) is 6.92 Å². The zero-order valence-electron chi connectivity index (χ0n) is 10.7. The number of nitrogens with two attached hydrogens (primary N) is 1. The Kier molecular flexibility index (Phi) is 4.66. The average molecular weight is 274 g/mol. The first-order chi connectivity index (χ1) is 8.43. The largest absolute Gasteiger partial charge is 0.493 e. The monoisotopic (exact) mass is 274 g/mol. The van der Waals surface area contributed by atoms with E-state index in [0.717, 1.165) is 0 Å². The number of anilines is 2. The Balaban J connectivity index is 3.11. The van der Waals surface area contributed by atoms with E-state index in [9.17, 15) is 8.42 Å². The fourth-order valence-corrected chi connectivity index (χ4v) is 2.62. The van der Waals surface area contributed by atoms with Gasteiger partial charge < -0.3 is 15.2 Å². The van der Waals surface area contributed by atoms with Crippen LogP contribution in [0.4, 0.5) is 11.4 Å². The second kappa shape index (κ2) is 5.81. The highest BCUT2D eigenvalue weighted by Crippen LogP contribution is 2.35. The molecule has 0 aliphatic heterocycles. The molecule has 0 saturated heterocycles. The Morgan fingerprint density at radius 3 is 2.28 bits per heavy atom. The first-order valence-electron chi connectivity index (χ1n) is 5.45. The van der Waals surface area contributed by atoms with E-state index in [-0.39, 0.29) is 11.4 Å². The first-order valence-corrected chi connectivity index (χ1v) is 7.10. The normalized spacial score (nSPS) is 11.1. The maximum absolute atomic E-state index is 11.7. The predicted octanol–water partition coefficient (Wildman–Crippen LogP) is 1.44. The van der Waals surface area contributed by atoms with Gasteiger partial charge in [0.25, 0.3) is 0 Å². The molecule has 0 fully saturated rings. The molecule has 0 radical (unpaired) electrons. The van der Waals surface area contributed by atoms with Gasteiger partial charge in [-0.25, -0.2) is 8.42 Å². The molecule has 0 aliphatic rings. The number of hydrogen-bond donors (Lipinski definition) is 2. The minimum absolute atomic E-state index is 0.0424. The molecule has 102 valence electrons. The summed E-state index contributed by atoms with van der Waals surface area (Å²) in [7, 11) is -0.423. The van der Waals surface area contributed by atoms with Crippen molar-refractivity contribution in [1.82, 2.24) is 0 Å². The zero-order valence-corrected chi connectivity index (χ0v) is 11.5. The molecule has 7 heteroatoms. The molecule has 0 bridgehead atoms. The number of sulfonamides is 1. The molecule has 3 N–H and O–H groups in total. The number of nitrogens with one attached hydrogen (secondary N) is 1. The second-order valence-electron chi connectivity index (χ2n) is 3.72. The standard InChI is InChI=1S/C11H18N2O4S/c1-4-5-18(14,15)13-9-7-11(17-3)10(16-2)6-8(9)12/h6-7,13H,4-5,12H2,1-3H3. The van der Waals surface area contributed by atoms with Crippen LogP contribution in [0.3, 0.4) is 0 Å². The molecule has 0 unspecified atom stereocenters. The van der Waals surface area contributed by atoms with Crippen molar-refractivity contribution in [3.63, 3.8) is 0 Å². The molecular formula is C11H18N2O4S. The van der Waals surface area contributed by atoms with Crippen molar-refractivity contribution in [2.24, 2.45) is 0 Å². The smallest absolute Gasteiger partial charge is 0.232 e. The summed E-state index contributed by atoms with van der Waals surface area (Å²) in [4.78, 5) is 0. The predicted molar refractivity (Wildman–Crippen MR) is 71.7 cm³/mol. The van der Waals surface area contributed by atoms with Crippen molar-refractivity contribution in [1.29, 1.82) is 0 Å². The summed E-state index contributed by atoms with van der Waals surface area (Å²) in [5.74, 6) is 0.912. The summed E-state index contributed by atoms with van der Waals surface area (Å²) < 4.78 is 35.9. The quantitative estimate of drug-likeness (QED) is 0.766. The lowest BCUT2D eigenvalue weighted by atomic mass is 10.2. The number of methoxy groups -OCH3 is 2. The van der Waals surface area contributed by atoms with E-state index < -0.39 is 10.0 Å². The van der Waals surface area contributed by atoms with Crippen LogP contribution in [0.15, 0.2) is 12.1 Å². The van der Waals surface area contributed by atoms with Gasteiger partial charge in [0.15, 0.2) is 11.5 Å². The van der Waals surface area contributed by atoms with Crippen LogP contribution >= 0.6 is 0 Å². The van der Waals surface area contributed by atoms with Crippen molar-refractivity contribution in [2.45, 2.75) is 13.3 Å². The Hall–Kier alpha value is -1.63. The molecule has 0 aromatic heterocycles. The third-order valence-electron chi connectivity index (χ3n) is 2.29. The van der Waals surface area contributed by atoms with Gasteiger partial charge in [0.1, 0.15) is 0 Å². The van der Waals surface area contributed by atoms with Gasteiger partial charge in [0.2, 0.25) is 10.0 Å². The Morgan fingerprint density at radius 1 is 1.22 bits per heavy atom. The van der Waals surface area contributed by atoms with Crippen LogP contribution in [0.25, 0.3) is 0 Å². The number of nitrogen functional groups attached to an aromatic ring is 1. The van der Waals surface area contributed by atoms with Gasteiger partial charge in [-0.05, 0) is 6.42 Å². The lowest BCUT2D eigenvalue weighted by Crippen LogP contribution is -2.17. The van der Waals surface area contributed by atoms with E-state index in [1.165, 1.54) is 26.4 Å². The molecule has 18 heavy (non-hydrogen) atoms. The molecule has 0 amide bonds. The Bertz CT molecular complexity index is 514. The van der Waals surface area contributed by atoms with Crippen molar-refractivity contribution in [3.8, 4) is 11.5 Å². The van der Waals surface area contributed by atoms with Crippen LogP contribution in [0.5, 0.6) is 11.5 Å². The number of hydrogen-bond acceptors (Lipinski definition) is 5. The molecule has 1 aromatic rings. The van der Waals surface area contributed by atoms with Gasteiger partial charge in [0.05, 0.1) is 31.3 Å². The van der Waals surface area contributed by atoms with E-state index in [2.05, 4.69) is 4.72 Å². The summed E-state index contributed by atoms with van der Waals surface area (Å²) in [5, 5.41) is 0. The average Bonchev–Trinajstić information content (AvgIpc) is 2.30. The summed E-state index contributed by atoms with van der Waals surface area (Å²) in [5.41, 5.74) is 6.34. The highest BCUT2D eigenvalue weighted by atomic mass is 32.2. The molecule has 0 heterocycles. The van der Waals surface area contributed by atoms with Crippen molar-refractivity contribution < 1.29 is 17.9 Å². The minimum Gasteiger partial charge on any atom is -0.493 e. The van der Waals surface area contributed by atoms with Crippen molar-refractivity contribution in [3.05, 3.63) is 12.1 Å². The molecule has 1 aromatic carbocycles. The summed E-state index contributed by atoms with van der Waals surface area (Å²) in [6.45, 7) is 1.79. The summed E-state index contributed by atoms with van der Waals surface area (Å²) >= 11 is 0. The fraction of sp³-hybridized carbons (Fsp3) is 0.455. The van der Waals surface area contributed by atoms with Gasteiger partial charge in [-0.1, -0.05) is 6.92 Å². The zero-order chi connectivity index (χ0) is 13.8. The molecule has 0 saturated carbocycles. The van der Waals surface area contributed by atoms with Crippen LogP contribution in [0, 0.1) is 0 Å². The van der Waals surface area contributed by atoms with Crippen LogP contribution in [-0.2, 0) is 10.0 Å². The maximum Gasteiger partial charge on any atom is 0.232 e. The highest BCUT2D eigenvalue weighted by Gasteiger charge is 2.14. The van der Waals surface area contributed by atoms with Crippen LogP contribution in [0.1, 0.15) is 13.3 Å². The van der Waals surface area contributed by atoms with Crippen LogP contribution in [0.2, 0.25) is 0 Å². The van der Waals surface area contributed by atoms with Crippen molar-refractivity contribution >= 4 is 21.4 Å². The Labute approximate surface area is 107 Å². The van der Waals surface area contributed by atoms with Gasteiger partial charge >= 0.3 is 0 Å². The first kappa shape index (κ1) is 14.4. The van der Waals surface area contributed by atoms with E-state index >= 15 is 0 Å². The number of ether oxygens (including phenoxy) is 2. The number of rotatable bonds is 6. The molecule has 1 rings (SSSR count). The molecule has 0 aliphatic carbocycles. The third-order valence-corrected chi connectivity index (χ3v) is 3.77. The molecule has 6 nitrogen and oxygen atoms in total. The van der Waals surface area contributed by atoms with Crippen LogP contribution < -0.4 is 19.9 Å². The highest BCUT2D eigenvalue weighted by molar-refractivity contribution is 7.92. The Morgan fingerprint density at radius 2 is 1.78 bits per heavy atom. The fourth-order valence-electron chi connectivity index (χ4n) is 1.47. The molecule has 0 spiro atoms. The van der Waals surface area contributed by atoms with Crippen molar-refractivity contribution in [2.75, 3.05) is 30.4 Å². The van der Waals surface area contributed by atoms with Gasteiger partial charge in [-0.15, -0.1) is 0 Å². The lowest BCUT2D eigenvalue weighted by Gasteiger charge is -2.14. The summed E-state index contributed by atoms with van der Waals surface area (Å²) in [6.07, 6.45) is 0.530. The van der Waals surface area contributed by atoms with E-state index in [1.807, 2.05) is 0 Å². The number of benzene rings is 1. The SMILES string of the molecule is CCCS(=O)(=O)Nc1cc(OC)c(OC)cc1N. The molecular weight excluding hydrogens is 256 g/mol. The van der Waals surface area contributed by atoms with E-state index in [0.29, 0.717) is 23.6 Å². The lowest BCUT2D eigenvalue weighted by molar-refractivity contribution is 0.355. The minimum atomic E-state index is -3.38. The van der Waals surface area contributed by atoms with Gasteiger partial charge in [0, 0.05) is 12.1 Å². The third kappa shape index (κ3) is 3.43. The maximum atomic E-state index is 11.7. The second-order valence-corrected chi connectivity index (χ2v) is 5.56. The van der Waals surface area contributed by atoms with Gasteiger partial charge in [-0.3, -0.25) is 4.72 Å².